The summed E-state index contributed by atoms with van der Waals surface area (Å²) in [4.78, 5) is 0. The molecule has 0 saturated heterocycles. The monoisotopic (exact) mass is 188 g/mol. The Morgan fingerprint density at radius 2 is 2.07 bits per heavy atom. The van der Waals surface area contributed by atoms with E-state index in [0.717, 1.165) is 13.0 Å². The summed E-state index contributed by atoms with van der Waals surface area (Å²) in [6.45, 7) is 3.86. The number of fused-ring (bicyclic) bond motifs is 1. The van der Waals surface area contributed by atoms with Gasteiger partial charge in [0.05, 0.1) is 0 Å². The Bertz CT molecular complexity index is 429. The largest absolute Gasteiger partial charge is 0.343 e. The molecule has 0 aliphatic heterocycles. The molecule has 0 radical (unpaired) electrons. The lowest BCUT2D eigenvalue weighted by molar-refractivity contribution is 0.668. The Balaban J connectivity index is 2.61. The van der Waals surface area contributed by atoms with Crippen LogP contribution in [0.15, 0.2) is 30.3 Å². The zero-order valence-electron chi connectivity index (χ0n) is 8.53. The normalized spacial score (nSPS) is 11.0. The fourth-order valence-electron chi connectivity index (χ4n) is 1.92. The van der Waals surface area contributed by atoms with E-state index in [1.165, 1.54) is 16.6 Å². The lowest BCUT2D eigenvalue weighted by Crippen LogP contribution is -2.06. The van der Waals surface area contributed by atoms with Crippen molar-refractivity contribution in [3.8, 4) is 0 Å². The average Bonchev–Trinajstić information content (AvgIpc) is 2.58. The number of nitrogens with two attached hydrogens (primary N) is 1. The van der Waals surface area contributed by atoms with Crippen molar-refractivity contribution in [3.63, 3.8) is 0 Å². The van der Waals surface area contributed by atoms with Gasteiger partial charge in [-0.15, -0.1) is 0 Å². The van der Waals surface area contributed by atoms with Crippen LogP contribution in [0, 0.1) is 0 Å². The molecule has 2 heteroatoms. The molecule has 0 unspecified atom stereocenters. The number of aromatic nitrogens is 1. The molecule has 0 amide bonds. The molecule has 2 nitrogen and oxygen atoms in total. The summed E-state index contributed by atoms with van der Waals surface area (Å²) in [6, 6.07) is 10.6. The summed E-state index contributed by atoms with van der Waals surface area (Å²) in [5.41, 5.74) is 8.25. The highest BCUT2D eigenvalue weighted by atomic mass is 15.0. The first-order chi connectivity index (χ1) is 6.86. The molecule has 0 saturated carbocycles. The van der Waals surface area contributed by atoms with E-state index in [-0.39, 0.29) is 0 Å². The maximum Gasteiger partial charge on any atom is 0.0482 e. The molecule has 1 aromatic heterocycles. The maximum absolute atomic E-state index is 5.72. The van der Waals surface area contributed by atoms with Crippen molar-refractivity contribution in [2.24, 2.45) is 5.73 Å². The molecule has 0 spiro atoms. The van der Waals surface area contributed by atoms with E-state index in [2.05, 4.69) is 41.8 Å². The van der Waals surface area contributed by atoms with E-state index in [0.29, 0.717) is 6.54 Å². The molecule has 2 aromatic rings. The van der Waals surface area contributed by atoms with E-state index in [1.807, 2.05) is 0 Å². The van der Waals surface area contributed by atoms with Gasteiger partial charge in [0.2, 0.25) is 0 Å². The van der Waals surface area contributed by atoms with E-state index in [9.17, 15) is 0 Å². The second-order valence-corrected chi connectivity index (χ2v) is 3.55. The van der Waals surface area contributed by atoms with Gasteiger partial charge in [-0.25, -0.2) is 0 Å². The second-order valence-electron chi connectivity index (χ2n) is 3.55. The highest BCUT2D eigenvalue weighted by Gasteiger charge is 2.05. The molecule has 74 valence electrons. The summed E-state index contributed by atoms with van der Waals surface area (Å²) >= 11 is 0. The van der Waals surface area contributed by atoms with Gasteiger partial charge in [-0.2, -0.15) is 0 Å². The van der Waals surface area contributed by atoms with Gasteiger partial charge in [0.25, 0.3) is 0 Å². The smallest absolute Gasteiger partial charge is 0.0482 e. The van der Waals surface area contributed by atoms with Crippen LogP contribution in [0.2, 0.25) is 0 Å². The molecule has 14 heavy (non-hydrogen) atoms. The van der Waals surface area contributed by atoms with Crippen molar-refractivity contribution < 1.29 is 0 Å². The van der Waals surface area contributed by atoms with Crippen LogP contribution in [0.25, 0.3) is 10.9 Å². The van der Waals surface area contributed by atoms with Crippen molar-refractivity contribution in [2.45, 2.75) is 26.4 Å². The van der Waals surface area contributed by atoms with E-state index in [1.54, 1.807) is 0 Å². The summed E-state index contributed by atoms with van der Waals surface area (Å²) in [6.07, 6.45) is 1.14. The molecular formula is C12H16N2. The number of hydrogen-bond donors (Lipinski definition) is 1. The molecule has 0 fully saturated rings. The first kappa shape index (κ1) is 9.28. The number of rotatable bonds is 3. The fraction of sp³-hybridized carbons (Fsp3) is 0.333. The van der Waals surface area contributed by atoms with Crippen molar-refractivity contribution >= 4 is 10.9 Å². The van der Waals surface area contributed by atoms with Gasteiger partial charge in [-0.05, 0) is 23.9 Å². The van der Waals surface area contributed by atoms with Crippen LogP contribution < -0.4 is 5.73 Å². The molecular weight excluding hydrogens is 172 g/mol. The fourth-order valence-corrected chi connectivity index (χ4v) is 1.92. The predicted octanol–water partition coefficient (Wildman–Crippen LogP) is 2.51. The zero-order chi connectivity index (χ0) is 9.97. The highest BCUT2D eigenvalue weighted by molar-refractivity contribution is 5.81. The van der Waals surface area contributed by atoms with Crippen LogP contribution in [0.4, 0.5) is 0 Å². The van der Waals surface area contributed by atoms with Gasteiger partial charge >= 0.3 is 0 Å². The van der Waals surface area contributed by atoms with Crippen LogP contribution in [0.5, 0.6) is 0 Å². The van der Waals surface area contributed by atoms with E-state index < -0.39 is 0 Å². The summed E-state index contributed by atoms with van der Waals surface area (Å²) in [5, 5.41) is 1.29. The van der Waals surface area contributed by atoms with Gasteiger partial charge in [0.15, 0.2) is 0 Å². The molecule has 0 atom stereocenters. The minimum absolute atomic E-state index is 0.620. The van der Waals surface area contributed by atoms with E-state index in [4.69, 9.17) is 5.73 Å². The number of hydrogen-bond acceptors (Lipinski definition) is 1. The third kappa shape index (κ3) is 1.42. The topological polar surface area (TPSA) is 30.9 Å². The average molecular weight is 188 g/mol. The van der Waals surface area contributed by atoms with Gasteiger partial charge < -0.3 is 10.3 Å². The minimum Gasteiger partial charge on any atom is -0.343 e. The van der Waals surface area contributed by atoms with Crippen LogP contribution in [-0.4, -0.2) is 4.57 Å². The Morgan fingerprint density at radius 3 is 2.79 bits per heavy atom. The predicted molar refractivity (Wildman–Crippen MR) is 60.1 cm³/mol. The Kier molecular flexibility index (Phi) is 2.55. The SMILES string of the molecule is CCCn1c(CN)cc2ccccc21. The van der Waals surface area contributed by atoms with Crippen molar-refractivity contribution in [2.75, 3.05) is 0 Å². The van der Waals surface area contributed by atoms with Crippen molar-refractivity contribution in [1.82, 2.24) is 4.57 Å². The summed E-state index contributed by atoms with van der Waals surface area (Å²) in [5.74, 6) is 0. The number of benzene rings is 1. The second kappa shape index (κ2) is 3.84. The molecule has 1 heterocycles. The van der Waals surface area contributed by atoms with Crippen molar-refractivity contribution in [3.05, 3.63) is 36.0 Å². The lowest BCUT2D eigenvalue weighted by atomic mass is 10.2. The lowest BCUT2D eigenvalue weighted by Gasteiger charge is -2.07. The molecule has 1 aromatic carbocycles. The Morgan fingerprint density at radius 1 is 1.29 bits per heavy atom. The Hall–Kier alpha value is -1.28. The van der Waals surface area contributed by atoms with E-state index >= 15 is 0 Å². The minimum atomic E-state index is 0.620. The zero-order valence-corrected chi connectivity index (χ0v) is 8.53. The van der Waals surface area contributed by atoms with Crippen LogP contribution in [0.3, 0.4) is 0 Å². The molecule has 0 aliphatic rings. The van der Waals surface area contributed by atoms with Gasteiger partial charge in [-0.3, -0.25) is 0 Å². The first-order valence-electron chi connectivity index (χ1n) is 5.14. The van der Waals surface area contributed by atoms with Crippen molar-refractivity contribution in [1.29, 1.82) is 0 Å². The van der Waals surface area contributed by atoms with Crippen LogP contribution >= 0.6 is 0 Å². The van der Waals surface area contributed by atoms with Gasteiger partial charge in [-0.1, -0.05) is 25.1 Å². The Labute approximate surface area is 84.3 Å². The summed E-state index contributed by atoms with van der Waals surface area (Å²) < 4.78 is 2.31. The third-order valence-electron chi connectivity index (χ3n) is 2.55. The quantitative estimate of drug-likeness (QED) is 0.788. The van der Waals surface area contributed by atoms with Gasteiger partial charge in [0.1, 0.15) is 0 Å². The standard InChI is InChI=1S/C12H16N2/c1-2-7-14-11(9-13)8-10-5-3-4-6-12(10)14/h3-6,8H,2,7,9,13H2,1H3. The van der Waals surface area contributed by atoms with Crippen LogP contribution in [0.1, 0.15) is 19.0 Å². The molecule has 0 aliphatic carbocycles. The van der Waals surface area contributed by atoms with Gasteiger partial charge in [0, 0.05) is 24.3 Å². The first-order valence-corrected chi connectivity index (χ1v) is 5.14. The van der Waals surface area contributed by atoms with Crippen LogP contribution in [-0.2, 0) is 13.1 Å². The molecule has 2 rings (SSSR count). The summed E-state index contributed by atoms with van der Waals surface area (Å²) in [7, 11) is 0. The highest BCUT2D eigenvalue weighted by Crippen LogP contribution is 2.19. The number of para-hydroxylation sites is 1. The molecule has 0 bridgehead atoms. The number of nitrogens with zero attached hydrogens (tertiary/aromatic N) is 1. The third-order valence-corrected chi connectivity index (χ3v) is 2.55. The molecule has 2 N–H and O–H groups in total. The number of aryl methyl sites for hydroxylation is 1. The maximum atomic E-state index is 5.72.